The van der Waals surface area contributed by atoms with Crippen molar-refractivity contribution in [2.24, 2.45) is 11.5 Å². The second-order valence-corrected chi connectivity index (χ2v) is 7.22. The van der Waals surface area contributed by atoms with E-state index < -0.39 is 67.3 Å². The van der Waals surface area contributed by atoms with E-state index in [-0.39, 0.29) is 118 Å². The molecule has 0 aromatic rings. The number of amides is 2. The summed E-state index contributed by atoms with van der Waals surface area (Å²) in [5, 5.41) is 12.1. The molecule has 14 nitrogen and oxygen atoms in total. The number of primary amides is 2. The van der Waals surface area contributed by atoms with E-state index >= 15 is 0 Å². The van der Waals surface area contributed by atoms with Crippen molar-refractivity contribution in [3.8, 4) is 0 Å². The fourth-order valence-electron chi connectivity index (χ4n) is 1.01. The van der Waals surface area contributed by atoms with Crippen LogP contribution >= 0.6 is 0 Å². The van der Waals surface area contributed by atoms with Crippen molar-refractivity contribution in [1.29, 1.82) is 0 Å². The van der Waals surface area contributed by atoms with E-state index in [0.717, 1.165) is 0 Å². The molecule has 2 unspecified atom stereocenters. The molecular formula is C8H18N2Na4O12S2. The van der Waals surface area contributed by atoms with Gasteiger partial charge in [-0.2, -0.15) is 16.8 Å². The van der Waals surface area contributed by atoms with Crippen LogP contribution in [-0.4, -0.2) is 189 Å². The van der Waals surface area contributed by atoms with Gasteiger partial charge in [-0.25, -0.2) is 0 Å². The van der Waals surface area contributed by atoms with Crippen LogP contribution in [0.2, 0.25) is 0 Å². The fourth-order valence-corrected chi connectivity index (χ4v) is 2.26. The van der Waals surface area contributed by atoms with Gasteiger partial charge in [0, 0.05) is 0 Å². The second-order valence-electron chi connectivity index (χ2n) is 4.02. The number of nitrogens with two attached hydrogens (primary N) is 2. The third kappa shape index (κ3) is 22.4. The summed E-state index contributed by atoms with van der Waals surface area (Å²) in [6, 6.07) is 0. The molecule has 28 heavy (non-hydrogen) atoms. The molecule has 0 spiro atoms. The molecule has 0 fully saturated rings. The summed E-state index contributed by atoms with van der Waals surface area (Å²) in [6.45, 7) is 0. The Morgan fingerprint density at radius 1 is 0.643 bits per heavy atom. The van der Waals surface area contributed by atoms with Gasteiger partial charge >= 0.3 is 130 Å². The van der Waals surface area contributed by atoms with Crippen molar-refractivity contribution in [2.45, 2.75) is 23.3 Å². The van der Waals surface area contributed by atoms with E-state index in [2.05, 4.69) is 11.5 Å². The Bertz CT molecular complexity index is 664. The van der Waals surface area contributed by atoms with Crippen LogP contribution in [0.4, 0.5) is 0 Å². The van der Waals surface area contributed by atoms with E-state index in [1.165, 1.54) is 0 Å². The van der Waals surface area contributed by atoms with Gasteiger partial charge in [-0.3, -0.25) is 28.3 Å². The standard InChI is InChI=1S/2C4H7NO6S.4Na.4H/c2*5-3(6)1-2(4(7)8)12(9,10)11;;;;;;;;/h2*2H,1H2,(H2,5,6)(H,7,8)(H,9,10,11);;;;;;;;. The summed E-state index contributed by atoms with van der Waals surface area (Å²) in [5.41, 5.74) is 9.10. The Hall–Kier alpha value is 1.70. The predicted molar refractivity (Wildman–Crippen MR) is 102 cm³/mol. The van der Waals surface area contributed by atoms with Crippen LogP contribution in [0.5, 0.6) is 0 Å². The molecule has 0 radical (unpaired) electrons. The Kier molecular flexibility index (Phi) is 30.2. The van der Waals surface area contributed by atoms with E-state index in [0.29, 0.717) is 0 Å². The van der Waals surface area contributed by atoms with E-state index in [4.69, 9.17) is 19.3 Å². The molecular weight excluding hydrogens is 472 g/mol. The topological polar surface area (TPSA) is 270 Å². The Balaban J connectivity index is -0.0000000756. The maximum atomic E-state index is 10.3. The van der Waals surface area contributed by atoms with Gasteiger partial charge in [0.25, 0.3) is 20.2 Å². The van der Waals surface area contributed by atoms with Gasteiger partial charge in [0.05, 0.1) is 12.8 Å². The van der Waals surface area contributed by atoms with Crippen molar-refractivity contribution in [3.63, 3.8) is 0 Å². The van der Waals surface area contributed by atoms with Gasteiger partial charge in [-0.1, -0.05) is 0 Å². The molecule has 2 atom stereocenters. The van der Waals surface area contributed by atoms with Crippen LogP contribution in [0, 0.1) is 0 Å². The summed E-state index contributed by atoms with van der Waals surface area (Å²) in [5.74, 6) is -5.84. The van der Waals surface area contributed by atoms with Gasteiger partial charge in [-0.05, 0) is 0 Å². The predicted octanol–water partition coefficient (Wildman–Crippen LogP) is -6.19. The molecule has 0 aliphatic carbocycles. The van der Waals surface area contributed by atoms with E-state index in [1.54, 1.807) is 0 Å². The van der Waals surface area contributed by atoms with Crippen molar-refractivity contribution in [1.82, 2.24) is 0 Å². The molecule has 0 saturated carbocycles. The van der Waals surface area contributed by atoms with Crippen molar-refractivity contribution in [2.75, 3.05) is 0 Å². The van der Waals surface area contributed by atoms with Crippen LogP contribution in [0.15, 0.2) is 0 Å². The molecule has 0 aromatic carbocycles. The second kappa shape index (κ2) is 19.4. The Labute approximate surface area is 248 Å². The average molecular weight is 490 g/mol. The summed E-state index contributed by atoms with van der Waals surface area (Å²) < 4.78 is 57.7. The maximum absolute atomic E-state index is 10.3. The van der Waals surface area contributed by atoms with Gasteiger partial charge in [0.1, 0.15) is 0 Å². The number of rotatable bonds is 8. The minimum absolute atomic E-state index is 0. The quantitative estimate of drug-likeness (QED) is 0.137. The summed E-state index contributed by atoms with van der Waals surface area (Å²) in [7, 11) is -9.52. The van der Waals surface area contributed by atoms with Crippen LogP contribution < -0.4 is 11.5 Å². The van der Waals surface area contributed by atoms with Crippen molar-refractivity contribution < 1.29 is 55.3 Å². The Morgan fingerprint density at radius 2 is 0.821 bits per heavy atom. The first kappa shape index (κ1) is 43.6. The van der Waals surface area contributed by atoms with Crippen molar-refractivity contribution >= 4 is 162 Å². The normalized spacial score (nSPS) is 11.8. The molecule has 0 aromatic heterocycles. The monoisotopic (exact) mass is 490 g/mol. The van der Waals surface area contributed by atoms with Gasteiger partial charge in [-0.15, -0.1) is 0 Å². The third-order valence-electron chi connectivity index (χ3n) is 2.04. The van der Waals surface area contributed by atoms with Crippen LogP contribution in [0.25, 0.3) is 0 Å². The van der Waals surface area contributed by atoms with E-state index in [1.807, 2.05) is 0 Å². The zero-order valence-electron chi connectivity index (χ0n) is 11.6. The van der Waals surface area contributed by atoms with Gasteiger partial charge in [0.15, 0.2) is 10.5 Å². The molecule has 0 bridgehead atoms. The number of aliphatic carboxylic acids is 2. The van der Waals surface area contributed by atoms with Crippen LogP contribution in [0.3, 0.4) is 0 Å². The minimum atomic E-state index is -4.76. The molecule has 0 aliphatic heterocycles. The average Bonchev–Trinajstić information content (AvgIpc) is 2.30. The van der Waals surface area contributed by atoms with Crippen LogP contribution in [-0.2, 0) is 39.4 Å². The molecule has 0 rings (SSSR count). The number of carboxylic acids is 2. The molecule has 0 heterocycles. The molecule has 0 saturated heterocycles. The first-order valence-electron chi connectivity index (χ1n) is 5.45. The molecule has 148 valence electrons. The Morgan fingerprint density at radius 3 is 0.857 bits per heavy atom. The number of hydrogen-bond acceptors (Lipinski definition) is 8. The SMILES string of the molecule is NC(=O)CC(C(=O)O)S(=O)(=O)O.NC(=O)CC(C(=O)O)S(=O)(=O)O.[NaH].[NaH].[NaH].[NaH]. The zero-order chi connectivity index (χ0) is 19.9. The van der Waals surface area contributed by atoms with Crippen molar-refractivity contribution in [3.05, 3.63) is 0 Å². The molecule has 2 amide bonds. The number of carbonyl (C=O) groups is 4. The molecule has 0 aliphatic rings. The first-order chi connectivity index (χ1) is 10.5. The number of carboxylic acid groups (broad SMARTS) is 2. The summed E-state index contributed by atoms with van der Waals surface area (Å²) in [6.07, 6.45) is -1.87. The fraction of sp³-hybridized carbons (Fsp3) is 0.500. The summed E-state index contributed by atoms with van der Waals surface area (Å²) >= 11 is 0. The van der Waals surface area contributed by atoms with Crippen LogP contribution in [0.1, 0.15) is 12.8 Å². The molecule has 8 N–H and O–H groups in total. The number of carbonyl (C=O) groups excluding carboxylic acids is 2. The summed E-state index contributed by atoms with van der Waals surface area (Å²) in [4.78, 5) is 40.6. The van der Waals surface area contributed by atoms with E-state index in [9.17, 15) is 36.0 Å². The molecule has 20 heteroatoms. The number of hydrogen-bond donors (Lipinski definition) is 6. The van der Waals surface area contributed by atoms with Gasteiger partial charge < -0.3 is 21.7 Å². The zero-order valence-corrected chi connectivity index (χ0v) is 13.2. The van der Waals surface area contributed by atoms with Gasteiger partial charge in [0.2, 0.25) is 11.8 Å². The first-order valence-corrected chi connectivity index (χ1v) is 8.45. The third-order valence-corrected chi connectivity index (χ3v) is 4.22.